The number of anilines is 1. The van der Waals surface area contributed by atoms with Gasteiger partial charge in [-0.25, -0.2) is 18.6 Å². The minimum atomic E-state index is -1.36. The Balaban J connectivity index is 1.84. The highest BCUT2D eigenvalue weighted by molar-refractivity contribution is 5.92. The lowest BCUT2D eigenvalue weighted by Crippen LogP contribution is -2.42. The van der Waals surface area contributed by atoms with Crippen LogP contribution >= 0.6 is 0 Å². The lowest BCUT2D eigenvalue weighted by molar-refractivity contribution is 0.0695. The van der Waals surface area contributed by atoms with Gasteiger partial charge in [-0.1, -0.05) is 0 Å². The van der Waals surface area contributed by atoms with Crippen LogP contribution in [0, 0.1) is 5.82 Å². The molecule has 2 aliphatic rings. The van der Waals surface area contributed by atoms with Gasteiger partial charge < -0.3 is 20.3 Å². The van der Waals surface area contributed by atoms with Crippen molar-refractivity contribution in [1.82, 2.24) is 9.55 Å². The number of halogens is 2. The van der Waals surface area contributed by atoms with Crippen molar-refractivity contribution in [3.8, 4) is 0 Å². The molecule has 1 aliphatic heterocycles. The standard InChI is InChI=1S/C17H16F2N4O3/c18-12-3-10-14(24)11(17(25)26)7-23(9-1-2-9)15(10)21-16(12)22-5-8(6-22)13(19)4-20/h3,7,9H,1-2,4-6,20H2,(H,25,26). The lowest BCUT2D eigenvalue weighted by atomic mass is 10.1. The van der Waals surface area contributed by atoms with Gasteiger partial charge in [0.05, 0.1) is 5.39 Å². The smallest absolute Gasteiger partial charge is 0.341 e. The van der Waals surface area contributed by atoms with E-state index in [4.69, 9.17) is 5.73 Å². The van der Waals surface area contributed by atoms with Crippen LogP contribution in [0.2, 0.25) is 0 Å². The van der Waals surface area contributed by atoms with Gasteiger partial charge in [0.2, 0.25) is 5.43 Å². The fourth-order valence-electron chi connectivity index (χ4n) is 3.12. The topological polar surface area (TPSA) is 101 Å². The highest BCUT2D eigenvalue weighted by Crippen LogP contribution is 2.37. The molecule has 3 heterocycles. The van der Waals surface area contributed by atoms with E-state index in [1.54, 1.807) is 9.47 Å². The summed E-state index contributed by atoms with van der Waals surface area (Å²) in [5.74, 6) is -2.50. The molecule has 2 fully saturated rings. The molecule has 9 heteroatoms. The summed E-state index contributed by atoms with van der Waals surface area (Å²) in [5, 5.41) is 9.16. The van der Waals surface area contributed by atoms with E-state index >= 15 is 0 Å². The number of carboxylic acid groups (broad SMARTS) is 1. The summed E-state index contributed by atoms with van der Waals surface area (Å²) in [6, 6.07) is 1.07. The van der Waals surface area contributed by atoms with Crippen LogP contribution in [0.15, 0.2) is 28.5 Å². The Morgan fingerprint density at radius 3 is 2.65 bits per heavy atom. The summed E-state index contributed by atoms with van der Waals surface area (Å²) in [4.78, 5) is 29.5. The minimum absolute atomic E-state index is 0.0166. The van der Waals surface area contributed by atoms with Gasteiger partial charge in [-0.2, -0.15) is 0 Å². The summed E-state index contributed by atoms with van der Waals surface area (Å²) >= 11 is 0. The Hall–Kier alpha value is -2.81. The molecule has 1 aliphatic carbocycles. The van der Waals surface area contributed by atoms with Crippen molar-refractivity contribution in [2.45, 2.75) is 18.9 Å². The Morgan fingerprint density at radius 1 is 1.38 bits per heavy atom. The Bertz CT molecular complexity index is 1020. The third kappa shape index (κ3) is 2.55. The number of aromatic nitrogens is 2. The molecule has 0 atom stereocenters. The second kappa shape index (κ2) is 5.87. The first-order chi connectivity index (χ1) is 12.4. The van der Waals surface area contributed by atoms with Crippen LogP contribution in [0.3, 0.4) is 0 Å². The fraction of sp³-hybridized carbons (Fsp3) is 0.353. The number of nitrogens with two attached hydrogens (primary N) is 1. The van der Waals surface area contributed by atoms with Gasteiger partial charge in [0.25, 0.3) is 0 Å². The minimum Gasteiger partial charge on any atom is -0.477 e. The molecule has 0 unspecified atom stereocenters. The van der Waals surface area contributed by atoms with E-state index in [2.05, 4.69) is 4.98 Å². The molecule has 0 spiro atoms. The highest BCUT2D eigenvalue weighted by Gasteiger charge is 2.31. The van der Waals surface area contributed by atoms with Crippen molar-refractivity contribution in [3.63, 3.8) is 0 Å². The molecule has 4 rings (SSSR count). The van der Waals surface area contributed by atoms with Gasteiger partial charge in [-0.3, -0.25) is 4.79 Å². The molecule has 0 aromatic carbocycles. The molecule has 0 bridgehead atoms. The zero-order valence-electron chi connectivity index (χ0n) is 13.7. The van der Waals surface area contributed by atoms with Gasteiger partial charge >= 0.3 is 5.97 Å². The first-order valence-corrected chi connectivity index (χ1v) is 8.20. The van der Waals surface area contributed by atoms with Crippen molar-refractivity contribution < 1.29 is 18.7 Å². The average Bonchev–Trinajstić information content (AvgIpc) is 3.39. The van der Waals surface area contributed by atoms with Crippen LogP contribution in [0.4, 0.5) is 14.6 Å². The van der Waals surface area contributed by atoms with Crippen molar-refractivity contribution in [3.05, 3.63) is 45.3 Å². The third-order valence-electron chi connectivity index (χ3n) is 4.74. The molecular weight excluding hydrogens is 346 g/mol. The molecule has 26 heavy (non-hydrogen) atoms. The Labute approximate surface area is 146 Å². The van der Waals surface area contributed by atoms with Crippen molar-refractivity contribution in [2.75, 3.05) is 24.5 Å². The van der Waals surface area contributed by atoms with Gasteiger partial charge in [0.1, 0.15) is 17.0 Å². The lowest BCUT2D eigenvalue weighted by Gasteiger charge is -2.35. The first kappa shape index (κ1) is 16.6. The van der Waals surface area contributed by atoms with Gasteiger partial charge in [-0.15, -0.1) is 0 Å². The van der Waals surface area contributed by atoms with Crippen LogP contribution < -0.4 is 16.1 Å². The fourth-order valence-corrected chi connectivity index (χ4v) is 3.12. The molecule has 7 nitrogen and oxygen atoms in total. The number of nitrogens with zero attached hydrogens (tertiary/aromatic N) is 3. The zero-order chi connectivity index (χ0) is 18.6. The van der Waals surface area contributed by atoms with Crippen LogP contribution in [0.5, 0.6) is 0 Å². The predicted octanol–water partition coefficient (Wildman–Crippen LogP) is 1.57. The number of pyridine rings is 2. The van der Waals surface area contributed by atoms with E-state index in [1.807, 2.05) is 0 Å². The number of hydrogen-bond acceptors (Lipinski definition) is 5. The van der Waals surface area contributed by atoms with Crippen molar-refractivity contribution in [1.29, 1.82) is 0 Å². The SMILES string of the molecule is NCC(F)=C1CN(c2nc3c(cc2F)c(=O)c(C(=O)O)cn3C2CC2)C1. The largest absolute Gasteiger partial charge is 0.477 e. The maximum atomic E-state index is 14.5. The van der Waals surface area contributed by atoms with Crippen molar-refractivity contribution >= 4 is 22.8 Å². The van der Waals surface area contributed by atoms with E-state index in [0.29, 0.717) is 5.57 Å². The monoisotopic (exact) mass is 362 g/mol. The van der Waals surface area contributed by atoms with Gasteiger partial charge in [0, 0.05) is 37.4 Å². The third-order valence-corrected chi connectivity index (χ3v) is 4.74. The molecule has 0 amide bonds. The molecule has 1 saturated carbocycles. The summed E-state index contributed by atoms with van der Waals surface area (Å²) in [7, 11) is 0. The highest BCUT2D eigenvalue weighted by atomic mass is 19.1. The average molecular weight is 362 g/mol. The number of aromatic carboxylic acids is 1. The van der Waals surface area contributed by atoms with Crippen molar-refractivity contribution in [2.24, 2.45) is 5.73 Å². The number of fused-ring (bicyclic) bond motifs is 1. The number of rotatable bonds is 4. The summed E-state index contributed by atoms with van der Waals surface area (Å²) in [6.45, 7) is 0.161. The molecule has 2 aromatic rings. The Kier molecular flexibility index (Phi) is 3.76. The second-order valence-corrected chi connectivity index (χ2v) is 6.55. The normalized spacial score (nSPS) is 16.7. The predicted molar refractivity (Wildman–Crippen MR) is 90.6 cm³/mol. The molecule has 1 saturated heterocycles. The first-order valence-electron chi connectivity index (χ1n) is 8.20. The van der Waals surface area contributed by atoms with Crippen LogP contribution in [-0.2, 0) is 0 Å². The van der Waals surface area contributed by atoms with Crippen LogP contribution in [0.25, 0.3) is 11.0 Å². The van der Waals surface area contributed by atoms with E-state index in [9.17, 15) is 23.5 Å². The van der Waals surface area contributed by atoms with Crippen LogP contribution in [-0.4, -0.2) is 40.3 Å². The molecule has 136 valence electrons. The quantitative estimate of drug-likeness (QED) is 0.856. The zero-order valence-corrected chi connectivity index (χ0v) is 13.7. The van der Waals surface area contributed by atoms with E-state index in [-0.39, 0.29) is 42.5 Å². The second-order valence-electron chi connectivity index (χ2n) is 6.55. The Morgan fingerprint density at radius 2 is 2.08 bits per heavy atom. The summed E-state index contributed by atoms with van der Waals surface area (Å²) < 4.78 is 29.6. The van der Waals surface area contributed by atoms with Gasteiger partial charge in [-0.05, 0) is 18.9 Å². The van der Waals surface area contributed by atoms with Crippen LogP contribution in [0.1, 0.15) is 29.2 Å². The summed E-state index contributed by atoms with van der Waals surface area (Å²) in [5.41, 5.74) is 4.83. The van der Waals surface area contributed by atoms with E-state index in [1.165, 1.54) is 6.20 Å². The number of hydrogen-bond donors (Lipinski definition) is 2. The number of carboxylic acids is 1. The summed E-state index contributed by atoms with van der Waals surface area (Å²) in [6.07, 6.45) is 2.95. The van der Waals surface area contributed by atoms with E-state index in [0.717, 1.165) is 18.9 Å². The molecule has 3 N–H and O–H groups in total. The van der Waals surface area contributed by atoms with Gasteiger partial charge in [0.15, 0.2) is 11.6 Å². The maximum Gasteiger partial charge on any atom is 0.341 e. The molecule has 2 aromatic heterocycles. The molecule has 0 radical (unpaired) electrons. The van der Waals surface area contributed by atoms with E-state index < -0.39 is 28.6 Å². The maximum absolute atomic E-state index is 14.5. The molecular formula is C17H16F2N4O3. The number of carbonyl (C=O) groups is 1.